The quantitative estimate of drug-likeness (QED) is 0.410. The van der Waals surface area contributed by atoms with Gasteiger partial charge in [-0.25, -0.2) is 8.42 Å². The van der Waals surface area contributed by atoms with Gasteiger partial charge in [0.1, 0.15) is 11.6 Å². The number of nitrogens with one attached hydrogen (secondary N) is 1. The van der Waals surface area contributed by atoms with Crippen LogP contribution in [0.3, 0.4) is 0 Å². The van der Waals surface area contributed by atoms with Gasteiger partial charge in [0.05, 0.1) is 27.1 Å². The topological polar surface area (TPSA) is 133 Å². The third kappa shape index (κ3) is 5.03. The van der Waals surface area contributed by atoms with Crippen LogP contribution in [0.2, 0.25) is 5.02 Å². The number of nitrogens with zero attached hydrogens (tertiary/aromatic N) is 3. The third-order valence-electron chi connectivity index (χ3n) is 4.31. The number of hydrogen-bond donors (Lipinski definition) is 1. The fourth-order valence-corrected chi connectivity index (χ4v) is 4.45. The molecule has 0 aromatic heterocycles. The predicted molar refractivity (Wildman–Crippen MR) is 119 cm³/mol. The van der Waals surface area contributed by atoms with Crippen molar-refractivity contribution >= 4 is 44.6 Å². The van der Waals surface area contributed by atoms with Gasteiger partial charge in [0.25, 0.3) is 15.7 Å². The van der Waals surface area contributed by atoms with E-state index in [2.05, 4.69) is 5.32 Å². The van der Waals surface area contributed by atoms with E-state index < -0.39 is 38.0 Å². The van der Waals surface area contributed by atoms with Crippen LogP contribution >= 0.6 is 11.6 Å². The molecule has 32 heavy (non-hydrogen) atoms. The largest absolute Gasteiger partial charge is 0.324 e. The van der Waals surface area contributed by atoms with Gasteiger partial charge in [0.15, 0.2) is 0 Å². The van der Waals surface area contributed by atoms with Gasteiger partial charge in [-0.3, -0.25) is 19.2 Å². The van der Waals surface area contributed by atoms with Gasteiger partial charge in [-0.2, -0.15) is 5.26 Å². The van der Waals surface area contributed by atoms with Crippen molar-refractivity contribution in [3.8, 4) is 6.07 Å². The fourth-order valence-electron chi connectivity index (χ4n) is 2.83. The van der Waals surface area contributed by atoms with E-state index >= 15 is 0 Å². The SMILES string of the molecule is N#Cc1cccc(NC(=O)CN(c2ccccc2)S(=O)(=O)c2ccc(Cl)c([N+](=O)[O-])c2)c1. The second kappa shape index (κ2) is 9.47. The standard InChI is InChI=1S/C21H15ClN4O5S/c22-19-10-9-18(12-20(19)26(28)29)32(30,31)25(17-7-2-1-3-8-17)14-21(27)24-16-6-4-5-15(11-16)13-23/h1-12H,14H2,(H,24,27). The zero-order chi connectivity index (χ0) is 23.3. The van der Waals surface area contributed by atoms with Gasteiger partial charge in [0, 0.05) is 11.8 Å². The lowest BCUT2D eigenvalue weighted by atomic mass is 10.2. The van der Waals surface area contributed by atoms with Gasteiger partial charge in [-0.05, 0) is 42.5 Å². The number of carbonyl (C=O) groups is 1. The number of rotatable bonds is 7. The number of carbonyl (C=O) groups excluding carboxylic acids is 1. The zero-order valence-corrected chi connectivity index (χ0v) is 17.9. The second-order valence-electron chi connectivity index (χ2n) is 6.46. The molecule has 0 saturated heterocycles. The van der Waals surface area contributed by atoms with Gasteiger partial charge >= 0.3 is 0 Å². The van der Waals surface area contributed by atoms with Gasteiger partial charge in [-0.15, -0.1) is 0 Å². The molecule has 0 spiro atoms. The van der Waals surface area contributed by atoms with Gasteiger partial charge < -0.3 is 5.32 Å². The summed E-state index contributed by atoms with van der Waals surface area (Å²) in [5.74, 6) is -0.670. The van der Waals surface area contributed by atoms with Crippen molar-refractivity contribution in [2.24, 2.45) is 0 Å². The Kier molecular flexibility index (Phi) is 6.73. The first-order valence-corrected chi connectivity index (χ1v) is 10.9. The molecule has 1 amide bonds. The van der Waals surface area contributed by atoms with Crippen molar-refractivity contribution in [1.82, 2.24) is 0 Å². The molecule has 162 valence electrons. The number of nitro benzene ring substituents is 1. The fraction of sp³-hybridized carbons (Fsp3) is 0.0476. The molecule has 0 fully saturated rings. The molecule has 0 unspecified atom stereocenters. The van der Waals surface area contributed by atoms with Crippen LogP contribution in [0.25, 0.3) is 0 Å². The summed E-state index contributed by atoms with van der Waals surface area (Å²) in [7, 11) is -4.37. The second-order valence-corrected chi connectivity index (χ2v) is 8.73. The van der Waals surface area contributed by atoms with E-state index in [1.54, 1.807) is 36.4 Å². The summed E-state index contributed by atoms with van der Waals surface area (Å²) in [5, 5.41) is 22.5. The Balaban J connectivity index is 1.98. The Morgan fingerprint density at radius 3 is 2.47 bits per heavy atom. The number of amides is 1. The monoisotopic (exact) mass is 470 g/mol. The lowest BCUT2D eigenvalue weighted by molar-refractivity contribution is -0.384. The highest BCUT2D eigenvalue weighted by molar-refractivity contribution is 7.92. The first kappa shape index (κ1) is 22.7. The minimum Gasteiger partial charge on any atom is -0.324 e. The zero-order valence-electron chi connectivity index (χ0n) is 16.3. The molecule has 0 aliphatic rings. The minimum atomic E-state index is -4.37. The maximum atomic E-state index is 13.3. The van der Waals surface area contributed by atoms with E-state index in [1.807, 2.05) is 6.07 Å². The van der Waals surface area contributed by atoms with E-state index in [1.165, 1.54) is 18.2 Å². The van der Waals surface area contributed by atoms with Crippen molar-refractivity contribution in [3.05, 3.63) is 93.5 Å². The smallest absolute Gasteiger partial charge is 0.289 e. The summed E-state index contributed by atoms with van der Waals surface area (Å²) in [6.45, 7) is -0.612. The van der Waals surface area contributed by atoms with E-state index in [4.69, 9.17) is 16.9 Å². The number of sulfonamides is 1. The molecule has 0 aliphatic carbocycles. The Morgan fingerprint density at radius 2 is 1.81 bits per heavy atom. The summed E-state index contributed by atoms with van der Waals surface area (Å²) >= 11 is 5.80. The maximum Gasteiger partial charge on any atom is 0.289 e. The lowest BCUT2D eigenvalue weighted by Crippen LogP contribution is -2.38. The minimum absolute atomic E-state index is 0.186. The molecule has 0 heterocycles. The summed E-state index contributed by atoms with van der Waals surface area (Å²) in [6.07, 6.45) is 0. The molecule has 0 radical (unpaired) electrons. The molecular formula is C21H15ClN4O5S. The molecule has 0 bridgehead atoms. The molecule has 11 heteroatoms. The average Bonchev–Trinajstić information content (AvgIpc) is 2.78. The third-order valence-corrected chi connectivity index (χ3v) is 6.40. The molecule has 1 N–H and O–H groups in total. The van der Waals surface area contributed by atoms with Crippen LogP contribution < -0.4 is 9.62 Å². The Bertz CT molecular complexity index is 1320. The maximum absolute atomic E-state index is 13.3. The molecule has 0 aliphatic heterocycles. The Morgan fingerprint density at radius 1 is 1.09 bits per heavy atom. The highest BCUT2D eigenvalue weighted by Gasteiger charge is 2.29. The Labute approximate surface area is 188 Å². The average molecular weight is 471 g/mol. The number of para-hydroxylation sites is 1. The van der Waals surface area contributed by atoms with Crippen LogP contribution in [-0.2, 0) is 14.8 Å². The Hall–Kier alpha value is -3.94. The highest BCUT2D eigenvalue weighted by Crippen LogP contribution is 2.30. The van der Waals surface area contributed by atoms with Gasteiger partial charge in [-0.1, -0.05) is 35.9 Å². The van der Waals surface area contributed by atoms with Crippen LogP contribution in [-0.4, -0.2) is 25.8 Å². The number of hydrogen-bond acceptors (Lipinski definition) is 6. The molecule has 3 aromatic carbocycles. The lowest BCUT2D eigenvalue weighted by Gasteiger charge is -2.24. The predicted octanol–water partition coefficient (Wildman–Crippen LogP) is 3.95. The molecule has 3 aromatic rings. The van der Waals surface area contributed by atoms with Crippen molar-refractivity contribution in [2.45, 2.75) is 4.90 Å². The molecule has 9 nitrogen and oxygen atoms in total. The van der Waals surface area contributed by atoms with Crippen LogP contribution in [0.1, 0.15) is 5.56 Å². The van der Waals surface area contributed by atoms with E-state index in [0.717, 1.165) is 22.5 Å². The van der Waals surface area contributed by atoms with Gasteiger partial charge in [0.2, 0.25) is 5.91 Å². The number of benzene rings is 3. The number of halogens is 1. The van der Waals surface area contributed by atoms with Crippen molar-refractivity contribution in [3.63, 3.8) is 0 Å². The van der Waals surface area contributed by atoms with E-state index in [-0.39, 0.29) is 10.7 Å². The van der Waals surface area contributed by atoms with E-state index in [0.29, 0.717) is 11.3 Å². The van der Waals surface area contributed by atoms with Crippen molar-refractivity contribution in [1.29, 1.82) is 5.26 Å². The summed E-state index contributed by atoms with van der Waals surface area (Å²) in [6, 6.07) is 19.0. The van der Waals surface area contributed by atoms with Crippen LogP contribution in [0.4, 0.5) is 17.1 Å². The van der Waals surface area contributed by atoms with Crippen LogP contribution in [0.5, 0.6) is 0 Å². The molecule has 0 atom stereocenters. The molecule has 3 rings (SSSR count). The van der Waals surface area contributed by atoms with Crippen molar-refractivity contribution in [2.75, 3.05) is 16.2 Å². The summed E-state index contributed by atoms with van der Waals surface area (Å²) < 4.78 is 27.5. The first-order chi connectivity index (χ1) is 15.2. The normalized spacial score (nSPS) is 10.8. The molecule has 0 saturated carbocycles. The summed E-state index contributed by atoms with van der Waals surface area (Å²) in [4.78, 5) is 22.7. The summed E-state index contributed by atoms with van der Waals surface area (Å²) in [5.41, 5.74) is 0.259. The van der Waals surface area contributed by atoms with Crippen molar-refractivity contribution < 1.29 is 18.1 Å². The van der Waals surface area contributed by atoms with E-state index in [9.17, 15) is 23.3 Å². The molecular weight excluding hydrogens is 456 g/mol. The number of nitro groups is 1. The number of anilines is 2. The van der Waals surface area contributed by atoms with Crippen LogP contribution in [0, 0.1) is 21.4 Å². The van der Waals surface area contributed by atoms with Crippen LogP contribution in [0.15, 0.2) is 77.7 Å². The first-order valence-electron chi connectivity index (χ1n) is 9.04. The highest BCUT2D eigenvalue weighted by atomic mass is 35.5. The number of nitriles is 1.